The number of amides is 1. The molecule has 3 heterocycles. The SMILES string of the molecule is Cc1nc(N(C)C)ncc1C(=O)N1CCC(Cn2ccnc2C)CC1. The highest BCUT2D eigenvalue weighted by atomic mass is 16.2. The molecule has 0 N–H and O–H groups in total. The molecule has 7 nitrogen and oxygen atoms in total. The van der Waals surface area contributed by atoms with Crippen molar-refractivity contribution in [2.75, 3.05) is 32.1 Å². The third-order valence-electron chi connectivity index (χ3n) is 4.88. The van der Waals surface area contributed by atoms with E-state index in [-0.39, 0.29) is 5.91 Å². The molecule has 134 valence electrons. The van der Waals surface area contributed by atoms with Crippen molar-refractivity contribution in [2.45, 2.75) is 33.2 Å². The summed E-state index contributed by atoms with van der Waals surface area (Å²) in [6.07, 6.45) is 7.55. The van der Waals surface area contributed by atoms with Gasteiger partial charge in [0.2, 0.25) is 5.95 Å². The minimum absolute atomic E-state index is 0.0417. The highest BCUT2D eigenvalue weighted by Crippen LogP contribution is 2.22. The number of aromatic nitrogens is 4. The smallest absolute Gasteiger partial charge is 0.257 e. The number of hydrogen-bond acceptors (Lipinski definition) is 5. The minimum Gasteiger partial charge on any atom is -0.347 e. The van der Waals surface area contributed by atoms with Crippen LogP contribution >= 0.6 is 0 Å². The molecule has 1 saturated heterocycles. The van der Waals surface area contributed by atoms with Gasteiger partial charge >= 0.3 is 0 Å². The largest absolute Gasteiger partial charge is 0.347 e. The Morgan fingerprint density at radius 3 is 2.52 bits per heavy atom. The van der Waals surface area contributed by atoms with Gasteiger partial charge in [0.1, 0.15) is 5.82 Å². The molecular formula is C18H26N6O. The van der Waals surface area contributed by atoms with Crippen molar-refractivity contribution in [2.24, 2.45) is 5.92 Å². The number of likely N-dealkylation sites (tertiary alicyclic amines) is 1. The molecule has 1 fully saturated rings. The van der Waals surface area contributed by atoms with Crippen LogP contribution in [0.15, 0.2) is 18.6 Å². The van der Waals surface area contributed by atoms with Crippen LogP contribution in [0.5, 0.6) is 0 Å². The highest BCUT2D eigenvalue weighted by molar-refractivity contribution is 5.95. The molecule has 2 aromatic heterocycles. The number of aryl methyl sites for hydroxylation is 2. The predicted molar refractivity (Wildman–Crippen MR) is 96.7 cm³/mol. The molecule has 3 rings (SSSR count). The fraction of sp³-hybridized carbons (Fsp3) is 0.556. The van der Waals surface area contributed by atoms with Gasteiger partial charge in [-0.05, 0) is 32.6 Å². The zero-order chi connectivity index (χ0) is 18.0. The van der Waals surface area contributed by atoms with Crippen LogP contribution in [0.1, 0.15) is 34.7 Å². The van der Waals surface area contributed by atoms with Gasteiger partial charge in [0.25, 0.3) is 5.91 Å². The summed E-state index contributed by atoms with van der Waals surface area (Å²) in [7, 11) is 3.78. The second-order valence-corrected chi connectivity index (χ2v) is 6.93. The van der Waals surface area contributed by atoms with Crippen molar-refractivity contribution in [3.8, 4) is 0 Å². The topological polar surface area (TPSA) is 67.2 Å². The van der Waals surface area contributed by atoms with Crippen molar-refractivity contribution < 1.29 is 4.79 Å². The molecule has 0 aliphatic carbocycles. The van der Waals surface area contributed by atoms with Crippen LogP contribution in [0.2, 0.25) is 0 Å². The highest BCUT2D eigenvalue weighted by Gasteiger charge is 2.25. The normalized spacial score (nSPS) is 15.4. The Hall–Kier alpha value is -2.44. The maximum Gasteiger partial charge on any atom is 0.257 e. The lowest BCUT2D eigenvalue weighted by Crippen LogP contribution is -2.39. The molecular weight excluding hydrogens is 316 g/mol. The molecule has 0 bridgehead atoms. The summed E-state index contributed by atoms with van der Waals surface area (Å²) in [6.45, 7) is 6.45. The van der Waals surface area contributed by atoms with Gasteiger partial charge in [-0.15, -0.1) is 0 Å². The molecule has 2 aromatic rings. The number of rotatable bonds is 4. The molecule has 0 saturated carbocycles. The monoisotopic (exact) mass is 342 g/mol. The van der Waals surface area contributed by atoms with Crippen molar-refractivity contribution >= 4 is 11.9 Å². The number of nitrogens with zero attached hydrogens (tertiary/aromatic N) is 6. The Morgan fingerprint density at radius 2 is 1.96 bits per heavy atom. The van der Waals surface area contributed by atoms with Crippen LogP contribution in [0, 0.1) is 19.8 Å². The third kappa shape index (κ3) is 3.81. The van der Waals surface area contributed by atoms with Crippen molar-refractivity contribution in [3.05, 3.63) is 35.7 Å². The summed E-state index contributed by atoms with van der Waals surface area (Å²) in [5.74, 6) is 2.31. The van der Waals surface area contributed by atoms with E-state index in [2.05, 4.69) is 19.5 Å². The van der Waals surface area contributed by atoms with E-state index in [1.54, 1.807) is 6.20 Å². The van der Waals surface area contributed by atoms with Gasteiger partial charge in [0.05, 0.1) is 11.3 Å². The minimum atomic E-state index is 0.0417. The Balaban J connectivity index is 1.61. The summed E-state index contributed by atoms with van der Waals surface area (Å²) in [5, 5.41) is 0. The van der Waals surface area contributed by atoms with Gasteiger partial charge < -0.3 is 14.4 Å². The van der Waals surface area contributed by atoms with Crippen LogP contribution in [0.3, 0.4) is 0 Å². The van der Waals surface area contributed by atoms with E-state index in [0.29, 0.717) is 17.4 Å². The molecule has 0 atom stereocenters. The molecule has 1 aliphatic rings. The molecule has 0 aromatic carbocycles. The van der Waals surface area contributed by atoms with Crippen LogP contribution in [-0.4, -0.2) is 57.5 Å². The van der Waals surface area contributed by atoms with Gasteiger partial charge in [-0.2, -0.15) is 0 Å². The van der Waals surface area contributed by atoms with E-state index >= 15 is 0 Å². The van der Waals surface area contributed by atoms with E-state index < -0.39 is 0 Å². The molecule has 1 aliphatic heterocycles. The average Bonchev–Trinajstić information content (AvgIpc) is 2.99. The average molecular weight is 342 g/mol. The van der Waals surface area contributed by atoms with Gasteiger partial charge in [-0.3, -0.25) is 4.79 Å². The van der Waals surface area contributed by atoms with Crippen molar-refractivity contribution in [3.63, 3.8) is 0 Å². The van der Waals surface area contributed by atoms with Crippen molar-refractivity contribution in [1.82, 2.24) is 24.4 Å². The first-order valence-corrected chi connectivity index (χ1v) is 8.73. The van der Waals surface area contributed by atoms with Crippen LogP contribution in [-0.2, 0) is 6.54 Å². The molecule has 0 spiro atoms. The van der Waals surface area contributed by atoms with E-state index in [1.165, 1.54) is 0 Å². The number of hydrogen-bond donors (Lipinski definition) is 0. The van der Waals surface area contributed by atoms with Crippen LogP contribution in [0.4, 0.5) is 5.95 Å². The molecule has 7 heteroatoms. The summed E-state index contributed by atoms with van der Waals surface area (Å²) in [4.78, 5) is 29.5. The standard InChI is InChI=1S/C18H26N6O/c1-13-16(11-20-18(21-13)22(3)4)17(25)23-8-5-15(6-9-23)12-24-10-7-19-14(24)2/h7,10-11,15H,5-6,8-9,12H2,1-4H3. The first-order valence-electron chi connectivity index (χ1n) is 8.73. The molecule has 1 amide bonds. The zero-order valence-corrected chi connectivity index (χ0v) is 15.4. The lowest BCUT2D eigenvalue weighted by molar-refractivity contribution is 0.0681. The first-order chi connectivity index (χ1) is 12.0. The van der Waals surface area contributed by atoms with Gasteiger partial charge in [-0.25, -0.2) is 15.0 Å². The molecule has 25 heavy (non-hydrogen) atoms. The number of imidazole rings is 1. The van der Waals surface area contributed by atoms with Gasteiger partial charge in [0.15, 0.2) is 0 Å². The van der Waals surface area contributed by atoms with E-state index in [0.717, 1.165) is 44.0 Å². The van der Waals surface area contributed by atoms with E-state index in [9.17, 15) is 4.79 Å². The predicted octanol–water partition coefficient (Wildman–Crippen LogP) is 1.91. The van der Waals surface area contributed by atoms with Gasteiger partial charge in [0, 0.05) is 52.3 Å². The quantitative estimate of drug-likeness (QED) is 0.849. The molecule has 0 unspecified atom stereocenters. The lowest BCUT2D eigenvalue weighted by Gasteiger charge is -2.32. The van der Waals surface area contributed by atoms with Crippen molar-refractivity contribution in [1.29, 1.82) is 0 Å². The number of carbonyl (C=O) groups excluding carboxylic acids is 1. The number of carbonyl (C=O) groups is 1. The summed E-state index contributed by atoms with van der Waals surface area (Å²) in [6, 6.07) is 0. The summed E-state index contributed by atoms with van der Waals surface area (Å²) < 4.78 is 2.19. The van der Waals surface area contributed by atoms with Crippen LogP contribution < -0.4 is 4.90 Å². The maximum atomic E-state index is 12.8. The third-order valence-corrected chi connectivity index (χ3v) is 4.88. The number of anilines is 1. The summed E-state index contributed by atoms with van der Waals surface area (Å²) in [5.41, 5.74) is 1.34. The Kier molecular flexibility index (Phi) is 5.01. The van der Waals surface area contributed by atoms with E-state index in [1.807, 2.05) is 50.1 Å². The van der Waals surface area contributed by atoms with Crippen LogP contribution in [0.25, 0.3) is 0 Å². The lowest BCUT2D eigenvalue weighted by atomic mass is 9.96. The second-order valence-electron chi connectivity index (χ2n) is 6.93. The Bertz CT molecular complexity index is 746. The second kappa shape index (κ2) is 7.21. The Morgan fingerprint density at radius 1 is 1.24 bits per heavy atom. The zero-order valence-electron chi connectivity index (χ0n) is 15.4. The summed E-state index contributed by atoms with van der Waals surface area (Å²) >= 11 is 0. The van der Waals surface area contributed by atoms with E-state index in [4.69, 9.17) is 0 Å². The van der Waals surface area contributed by atoms with Gasteiger partial charge in [-0.1, -0.05) is 0 Å². The fourth-order valence-corrected chi connectivity index (χ4v) is 3.24. The fourth-order valence-electron chi connectivity index (χ4n) is 3.24. The number of piperidine rings is 1. The molecule has 0 radical (unpaired) electrons. The first kappa shape index (κ1) is 17.4. The Labute approximate surface area is 148 Å². The maximum absolute atomic E-state index is 12.8.